The number of rotatable bonds is 3. The molecule has 3 N–H and O–H groups in total. The zero-order chi connectivity index (χ0) is 9.84. The van der Waals surface area contributed by atoms with Gasteiger partial charge in [-0.05, 0) is 24.5 Å². The SMILES string of the molecule is Cc1cnc(NCC(C)C)c(N)c1. The van der Waals surface area contributed by atoms with Crippen molar-refractivity contribution in [2.75, 3.05) is 17.6 Å². The quantitative estimate of drug-likeness (QED) is 0.746. The highest BCUT2D eigenvalue weighted by atomic mass is 15.0. The fourth-order valence-electron chi connectivity index (χ4n) is 1.04. The minimum atomic E-state index is 0.600. The van der Waals surface area contributed by atoms with E-state index in [9.17, 15) is 0 Å². The second kappa shape index (κ2) is 4.12. The molecule has 0 unspecified atom stereocenters. The van der Waals surface area contributed by atoms with E-state index in [4.69, 9.17) is 5.73 Å². The van der Waals surface area contributed by atoms with Gasteiger partial charge in [0.05, 0.1) is 5.69 Å². The largest absolute Gasteiger partial charge is 0.396 e. The predicted molar refractivity (Wildman–Crippen MR) is 56.7 cm³/mol. The molecule has 1 aromatic rings. The third-order valence-corrected chi connectivity index (χ3v) is 1.73. The predicted octanol–water partition coefficient (Wildman–Crippen LogP) is 2.04. The lowest BCUT2D eigenvalue weighted by atomic mass is 10.2. The molecule has 0 aromatic carbocycles. The topological polar surface area (TPSA) is 50.9 Å². The summed E-state index contributed by atoms with van der Waals surface area (Å²) in [4.78, 5) is 4.21. The lowest BCUT2D eigenvalue weighted by Crippen LogP contribution is -2.10. The van der Waals surface area contributed by atoms with Crippen LogP contribution in [-0.2, 0) is 0 Å². The molecular weight excluding hydrogens is 162 g/mol. The van der Waals surface area contributed by atoms with E-state index in [0.717, 1.165) is 23.6 Å². The van der Waals surface area contributed by atoms with E-state index in [1.807, 2.05) is 19.2 Å². The molecular formula is C10H17N3. The summed E-state index contributed by atoms with van der Waals surface area (Å²) in [5.41, 5.74) is 7.60. The number of nitrogen functional groups attached to an aromatic ring is 1. The first-order valence-electron chi connectivity index (χ1n) is 4.55. The van der Waals surface area contributed by atoms with E-state index in [1.165, 1.54) is 0 Å². The van der Waals surface area contributed by atoms with Crippen LogP contribution < -0.4 is 11.1 Å². The maximum Gasteiger partial charge on any atom is 0.149 e. The third kappa shape index (κ3) is 2.93. The Labute approximate surface area is 79.4 Å². The number of nitrogens with one attached hydrogen (secondary N) is 1. The molecule has 0 saturated heterocycles. The van der Waals surface area contributed by atoms with Gasteiger partial charge in [0.1, 0.15) is 5.82 Å². The van der Waals surface area contributed by atoms with Crippen LogP contribution in [0, 0.1) is 12.8 Å². The Morgan fingerprint density at radius 2 is 2.23 bits per heavy atom. The van der Waals surface area contributed by atoms with Crippen LogP contribution in [0.5, 0.6) is 0 Å². The molecule has 1 rings (SSSR count). The van der Waals surface area contributed by atoms with Crippen LogP contribution in [0.3, 0.4) is 0 Å². The van der Waals surface area contributed by atoms with Gasteiger partial charge >= 0.3 is 0 Å². The van der Waals surface area contributed by atoms with Gasteiger partial charge in [-0.2, -0.15) is 0 Å². The first-order chi connectivity index (χ1) is 6.09. The monoisotopic (exact) mass is 179 g/mol. The molecule has 0 aliphatic carbocycles. The van der Waals surface area contributed by atoms with Crippen LogP contribution in [0.4, 0.5) is 11.5 Å². The van der Waals surface area contributed by atoms with Gasteiger partial charge in [0.2, 0.25) is 0 Å². The summed E-state index contributed by atoms with van der Waals surface area (Å²) in [6.07, 6.45) is 1.82. The van der Waals surface area contributed by atoms with E-state index >= 15 is 0 Å². The third-order valence-electron chi connectivity index (χ3n) is 1.73. The fourth-order valence-corrected chi connectivity index (χ4v) is 1.04. The zero-order valence-electron chi connectivity index (χ0n) is 8.46. The summed E-state index contributed by atoms with van der Waals surface area (Å²) in [6, 6.07) is 1.93. The van der Waals surface area contributed by atoms with Gasteiger partial charge in [0, 0.05) is 12.7 Å². The second-order valence-electron chi connectivity index (χ2n) is 3.73. The number of hydrogen-bond donors (Lipinski definition) is 2. The van der Waals surface area contributed by atoms with E-state index in [0.29, 0.717) is 5.92 Å². The Kier molecular flexibility index (Phi) is 3.12. The van der Waals surface area contributed by atoms with E-state index in [-0.39, 0.29) is 0 Å². The van der Waals surface area contributed by atoms with Gasteiger partial charge in [-0.1, -0.05) is 13.8 Å². The molecule has 3 nitrogen and oxygen atoms in total. The zero-order valence-corrected chi connectivity index (χ0v) is 8.46. The minimum absolute atomic E-state index is 0.600. The van der Waals surface area contributed by atoms with Crippen LogP contribution in [0.2, 0.25) is 0 Å². The Morgan fingerprint density at radius 1 is 1.54 bits per heavy atom. The molecule has 0 spiro atoms. The smallest absolute Gasteiger partial charge is 0.149 e. The molecule has 0 amide bonds. The maximum atomic E-state index is 5.78. The van der Waals surface area contributed by atoms with Gasteiger partial charge in [0.15, 0.2) is 0 Å². The molecule has 72 valence electrons. The molecule has 0 bridgehead atoms. The van der Waals surface area contributed by atoms with E-state index < -0.39 is 0 Å². The average Bonchev–Trinajstić information content (AvgIpc) is 2.02. The summed E-state index contributed by atoms with van der Waals surface area (Å²) in [5.74, 6) is 1.39. The van der Waals surface area contributed by atoms with Crippen molar-refractivity contribution in [1.29, 1.82) is 0 Å². The summed E-state index contributed by atoms with van der Waals surface area (Å²) < 4.78 is 0. The molecule has 0 aliphatic rings. The van der Waals surface area contributed by atoms with Crippen molar-refractivity contribution in [2.24, 2.45) is 5.92 Å². The second-order valence-corrected chi connectivity index (χ2v) is 3.73. The number of anilines is 2. The minimum Gasteiger partial charge on any atom is -0.396 e. The highest BCUT2D eigenvalue weighted by Crippen LogP contribution is 2.15. The molecule has 1 heterocycles. The van der Waals surface area contributed by atoms with Crippen molar-refractivity contribution in [1.82, 2.24) is 4.98 Å². The summed E-state index contributed by atoms with van der Waals surface area (Å²) in [6.45, 7) is 7.19. The molecule has 0 atom stereocenters. The van der Waals surface area contributed by atoms with Gasteiger partial charge < -0.3 is 11.1 Å². The molecule has 0 fully saturated rings. The van der Waals surface area contributed by atoms with Crippen molar-refractivity contribution >= 4 is 11.5 Å². The first-order valence-corrected chi connectivity index (χ1v) is 4.55. The molecule has 0 saturated carbocycles. The Bertz CT molecular complexity index is 281. The van der Waals surface area contributed by atoms with Crippen LogP contribution in [0.15, 0.2) is 12.3 Å². The van der Waals surface area contributed by atoms with Crippen molar-refractivity contribution in [3.8, 4) is 0 Å². The van der Waals surface area contributed by atoms with E-state index in [2.05, 4.69) is 24.1 Å². The number of hydrogen-bond acceptors (Lipinski definition) is 3. The van der Waals surface area contributed by atoms with Crippen LogP contribution in [-0.4, -0.2) is 11.5 Å². The normalized spacial score (nSPS) is 10.5. The lowest BCUT2D eigenvalue weighted by Gasteiger charge is -2.10. The summed E-state index contributed by atoms with van der Waals surface area (Å²) in [7, 11) is 0. The van der Waals surface area contributed by atoms with Gasteiger partial charge in [-0.15, -0.1) is 0 Å². The van der Waals surface area contributed by atoms with Gasteiger partial charge in [0.25, 0.3) is 0 Å². The molecule has 0 radical (unpaired) electrons. The number of aromatic nitrogens is 1. The lowest BCUT2D eigenvalue weighted by molar-refractivity contribution is 0.687. The van der Waals surface area contributed by atoms with Crippen LogP contribution in [0.25, 0.3) is 0 Å². The number of pyridine rings is 1. The van der Waals surface area contributed by atoms with Crippen LogP contribution >= 0.6 is 0 Å². The fraction of sp³-hybridized carbons (Fsp3) is 0.500. The van der Waals surface area contributed by atoms with Crippen LogP contribution in [0.1, 0.15) is 19.4 Å². The Balaban J connectivity index is 2.67. The number of nitrogens with zero attached hydrogens (tertiary/aromatic N) is 1. The first kappa shape index (κ1) is 9.84. The molecule has 3 heteroatoms. The van der Waals surface area contributed by atoms with Crippen molar-refractivity contribution < 1.29 is 0 Å². The highest BCUT2D eigenvalue weighted by molar-refractivity contribution is 5.61. The van der Waals surface area contributed by atoms with Crippen molar-refractivity contribution in [3.05, 3.63) is 17.8 Å². The Hall–Kier alpha value is -1.25. The molecule has 13 heavy (non-hydrogen) atoms. The molecule has 1 aromatic heterocycles. The average molecular weight is 179 g/mol. The maximum absolute atomic E-state index is 5.78. The molecule has 0 aliphatic heterocycles. The van der Waals surface area contributed by atoms with E-state index in [1.54, 1.807) is 0 Å². The highest BCUT2D eigenvalue weighted by Gasteiger charge is 2.00. The summed E-state index contributed by atoms with van der Waals surface area (Å²) in [5, 5.41) is 3.20. The van der Waals surface area contributed by atoms with Gasteiger partial charge in [-0.3, -0.25) is 0 Å². The Morgan fingerprint density at radius 3 is 2.77 bits per heavy atom. The number of aryl methyl sites for hydroxylation is 1. The van der Waals surface area contributed by atoms with Gasteiger partial charge in [-0.25, -0.2) is 4.98 Å². The summed E-state index contributed by atoms with van der Waals surface area (Å²) >= 11 is 0. The van der Waals surface area contributed by atoms with Crippen molar-refractivity contribution in [3.63, 3.8) is 0 Å². The van der Waals surface area contributed by atoms with Crippen molar-refractivity contribution in [2.45, 2.75) is 20.8 Å². The standard InChI is InChI=1S/C10H17N3/c1-7(2)5-12-10-9(11)4-8(3)6-13-10/h4,6-7H,5,11H2,1-3H3,(H,12,13). The number of nitrogens with two attached hydrogens (primary N) is 1.